The molecule has 5 rings (SSSR count). The first kappa shape index (κ1) is 16.5. The molecular formula is C20H21N5OS. The van der Waals surface area contributed by atoms with Crippen LogP contribution in [-0.4, -0.2) is 27.9 Å². The topological polar surface area (TPSA) is 77.0 Å². The van der Waals surface area contributed by atoms with Gasteiger partial charge in [0.1, 0.15) is 0 Å². The number of aromatic nitrogens is 3. The number of piperidine rings is 1. The van der Waals surface area contributed by atoms with E-state index in [0.717, 1.165) is 36.8 Å². The molecule has 0 radical (unpaired) electrons. The summed E-state index contributed by atoms with van der Waals surface area (Å²) in [4.78, 5) is 15.1. The van der Waals surface area contributed by atoms with E-state index in [1.54, 1.807) is 6.07 Å². The fraction of sp³-hybridized carbons (Fsp3) is 0.350. The number of anilines is 2. The Morgan fingerprint density at radius 3 is 2.70 bits per heavy atom. The zero-order valence-electron chi connectivity index (χ0n) is 14.9. The SMILES string of the molecule is Nc1nnc(N2C[C@H]3C[C@@H](C2)[C@H](Cc2ccccc2)n2c3cccc2=O)s1. The summed E-state index contributed by atoms with van der Waals surface area (Å²) in [6.07, 6.45) is 1.97. The molecule has 2 N–H and O–H groups in total. The van der Waals surface area contributed by atoms with Gasteiger partial charge in [0.15, 0.2) is 0 Å². The fourth-order valence-corrected chi connectivity index (χ4v) is 5.30. The van der Waals surface area contributed by atoms with Crippen molar-refractivity contribution in [3.8, 4) is 0 Å². The maximum absolute atomic E-state index is 12.8. The lowest BCUT2D eigenvalue weighted by atomic mass is 9.77. The lowest BCUT2D eigenvalue weighted by Crippen LogP contribution is -2.50. The number of nitrogens with zero attached hydrogens (tertiary/aromatic N) is 4. The van der Waals surface area contributed by atoms with Crippen molar-refractivity contribution in [1.82, 2.24) is 14.8 Å². The Hall–Kier alpha value is -2.67. The Morgan fingerprint density at radius 1 is 1.07 bits per heavy atom. The maximum Gasteiger partial charge on any atom is 0.251 e. The second kappa shape index (κ2) is 6.49. The highest BCUT2D eigenvalue weighted by atomic mass is 32.1. The molecule has 6 nitrogen and oxygen atoms in total. The Morgan fingerprint density at radius 2 is 1.93 bits per heavy atom. The van der Waals surface area contributed by atoms with Gasteiger partial charge in [-0.25, -0.2) is 0 Å². The van der Waals surface area contributed by atoms with Gasteiger partial charge in [-0.3, -0.25) is 4.79 Å². The average molecular weight is 379 g/mol. The van der Waals surface area contributed by atoms with Crippen molar-refractivity contribution in [2.24, 2.45) is 5.92 Å². The highest BCUT2D eigenvalue weighted by Crippen LogP contribution is 2.43. The molecule has 2 bridgehead atoms. The van der Waals surface area contributed by atoms with Crippen molar-refractivity contribution in [3.63, 3.8) is 0 Å². The van der Waals surface area contributed by atoms with Crippen LogP contribution in [0.4, 0.5) is 10.3 Å². The monoisotopic (exact) mass is 379 g/mol. The van der Waals surface area contributed by atoms with Gasteiger partial charge in [-0.1, -0.05) is 47.7 Å². The fourth-order valence-electron chi connectivity index (χ4n) is 4.67. The van der Waals surface area contributed by atoms with Crippen LogP contribution in [0.3, 0.4) is 0 Å². The number of hydrogen-bond donors (Lipinski definition) is 1. The van der Waals surface area contributed by atoms with Crippen LogP contribution in [0.25, 0.3) is 0 Å². The van der Waals surface area contributed by atoms with Gasteiger partial charge in [-0.15, -0.1) is 10.2 Å². The molecule has 3 aromatic rings. The zero-order chi connectivity index (χ0) is 18.4. The van der Waals surface area contributed by atoms with Crippen LogP contribution in [0.5, 0.6) is 0 Å². The number of nitrogen functional groups attached to an aromatic ring is 1. The summed E-state index contributed by atoms with van der Waals surface area (Å²) in [5.41, 5.74) is 8.31. The van der Waals surface area contributed by atoms with E-state index in [0.29, 0.717) is 17.0 Å². The first-order valence-electron chi connectivity index (χ1n) is 9.28. The predicted molar refractivity (Wildman–Crippen MR) is 107 cm³/mol. The molecule has 2 aliphatic rings. The van der Waals surface area contributed by atoms with Crippen LogP contribution < -0.4 is 16.2 Å². The molecule has 0 amide bonds. The van der Waals surface area contributed by atoms with Crippen LogP contribution in [-0.2, 0) is 6.42 Å². The van der Waals surface area contributed by atoms with E-state index in [2.05, 4.69) is 50.0 Å². The molecule has 4 heterocycles. The van der Waals surface area contributed by atoms with Crippen molar-refractivity contribution < 1.29 is 0 Å². The van der Waals surface area contributed by atoms with E-state index in [4.69, 9.17) is 5.73 Å². The first-order chi connectivity index (χ1) is 13.2. The van der Waals surface area contributed by atoms with Gasteiger partial charge in [-0.05, 0) is 30.4 Å². The smallest absolute Gasteiger partial charge is 0.251 e. The number of hydrogen-bond acceptors (Lipinski definition) is 6. The van der Waals surface area contributed by atoms with Gasteiger partial charge in [-0.2, -0.15) is 0 Å². The van der Waals surface area contributed by atoms with E-state index >= 15 is 0 Å². The number of pyridine rings is 1. The lowest BCUT2D eigenvalue weighted by Gasteiger charge is -2.47. The number of fused-ring (bicyclic) bond motifs is 4. The minimum absolute atomic E-state index is 0.108. The molecule has 138 valence electrons. The van der Waals surface area contributed by atoms with Gasteiger partial charge in [0.25, 0.3) is 5.56 Å². The van der Waals surface area contributed by atoms with Crippen molar-refractivity contribution in [3.05, 3.63) is 70.1 Å². The standard InChI is InChI=1S/C20H21N5OS/c21-19-22-23-20(27-19)24-11-14-10-15(12-24)17(9-13-5-2-1-3-6-13)25-16(14)7-4-8-18(25)26/h1-8,14-15,17H,9-12H2,(H2,21,22)/t14-,15+,17+/m1/s1. The largest absolute Gasteiger partial charge is 0.374 e. The molecular weight excluding hydrogens is 358 g/mol. The van der Waals surface area contributed by atoms with Gasteiger partial charge in [0, 0.05) is 36.8 Å². The Bertz CT molecular complexity index is 1010. The van der Waals surface area contributed by atoms with Crippen LogP contribution >= 0.6 is 11.3 Å². The highest BCUT2D eigenvalue weighted by Gasteiger charge is 2.41. The zero-order valence-corrected chi connectivity index (χ0v) is 15.7. The Balaban J connectivity index is 1.56. The summed E-state index contributed by atoms with van der Waals surface area (Å²) in [7, 11) is 0. The summed E-state index contributed by atoms with van der Waals surface area (Å²) >= 11 is 1.44. The lowest BCUT2D eigenvalue weighted by molar-refractivity contribution is 0.211. The maximum atomic E-state index is 12.8. The average Bonchev–Trinajstić information content (AvgIpc) is 3.12. The highest BCUT2D eigenvalue weighted by molar-refractivity contribution is 7.18. The molecule has 2 aromatic heterocycles. The van der Waals surface area contributed by atoms with Crippen LogP contribution in [0.2, 0.25) is 0 Å². The minimum Gasteiger partial charge on any atom is -0.374 e. The van der Waals surface area contributed by atoms with Crippen molar-refractivity contribution in [2.75, 3.05) is 23.7 Å². The molecule has 7 heteroatoms. The van der Waals surface area contributed by atoms with E-state index in [-0.39, 0.29) is 11.6 Å². The van der Waals surface area contributed by atoms with Crippen molar-refractivity contribution in [1.29, 1.82) is 0 Å². The second-order valence-electron chi connectivity index (χ2n) is 7.44. The molecule has 0 saturated carbocycles. The second-order valence-corrected chi connectivity index (χ2v) is 8.42. The van der Waals surface area contributed by atoms with Gasteiger partial charge < -0.3 is 15.2 Å². The first-order valence-corrected chi connectivity index (χ1v) is 10.1. The van der Waals surface area contributed by atoms with Crippen LogP contribution in [0, 0.1) is 5.92 Å². The predicted octanol–water partition coefficient (Wildman–Crippen LogP) is 2.69. The third kappa shape index (κ3) is 2.92. The van der Waals surface area contributed by atoms with Crippen LogP contribution in [0.1, 0.15) is 29.6 Å². The van der Waals surface area contributed by atoms with E-state index in [1.807, 2.05) is 12.1 Å². The number of benzene rings is 1. The molecule has 27 heavy (non-hydrogen) atoms. The van der Waals surface area contributed by atoms with E-state index in [1.165, 1.54) is 16.9 Å². The molecule has 3 atom stereocenters. The third-order valence-electron chi connectivity index (χ3n) is 5.79. The van der Waals surface area contributed by atoms with Gasteiger partial charge >= 0.3 is 0 Å². The van der Waals surface area contributed by atoms with Crippen molar-refractivity contribution >= 4 is 21.6 Å². The molecule has 1 fully saturated rings. The molecule has 0 unspecified atom stereocenters. The number of rotatable bonds is 3. The third-order valence-corrected chi connectivity index (χ3v) is 6.60. The normalized spacial score (nSPS) is 23.9. The summed E-state index contributed by atoms with van der Waals surface area (Å²) in [6, 6.07) is 16.3. The molecule has 1 aromatic carbocycles. The van der Waals surface area contributed by atoms with E-state index < -0.39 is 0 Å². The summed E-state index contributed by atoms with van der Waals surface area (Å²) in [5.74, 6) is 0.719. The Labute approximate surface area is 161 Å². The van der Waals surface area contributed by atoms with Gasteiger partial charge in [0.05, 0.1) is 0 Å². The summed E-state index contributed by atoms with van der Waals surface area (Å²) in [5, 5.41) is 9.61. The number of nitrogens with two attached hydrogens (primary N) is 1. The summed E-state index contributed by atoms with van der Waals surface area (Å²) < 4.78 is 2.05. The minimum atomic E-state index is 0.108. The molecule has 2 aliphatic heterocycles. The van der Waals surface area contributed by atoms with Crippen LogP contribution in [0.15, 0.2) is 53.3 Å². The Kier molecular flexibility index (Phi) is 3.97. The molecule has 0 spiro atoms. The quantitative estimate of drug-likeness (QED) is 0.757. The molecule has 1 saturated heterocycles. The van der Waals surface area contributed by atoms with E-state index in [9.17, 15) is 4.79 Å². The molecule has 0 aliphatic carbocycles. The summed E-state index contributed by atoms with van der Waals surface area (Å²) in [6.45, 7) is 1.73. The van der Waals surface area contributed by atoms with Crippen molar-refractivity contribution in [2.45, 2.75) is 24.8 Å². The van der Waals surface area contributed by atoms with Gasteiger partial charge in [0.2, 0.25) is 10.3 Å².